The number of carbonyl (C=O) groups is 1. The van der Waals surface area contributed by atoms with E-state index in [-0.39, 0.29) is 11.3 Å². The van der Waals surface area contributed by atoms with Crippen LogP contribution in [0.5, 0.6) is 0 Å². The van der Waals surface area contributed by atoms with Gasteiger partial charge < -0.3 is 15.4 Å². The molecule has 0 aromatic carbocycles. The van der Waals surface area contributed by atoms with Crippen molar-refractivity contribution in [3.05, 3.63) is 10.6 Å². The normalized spacial score (nSPS) is 21.8. The Morgan fingerprint density at radius 1 is 1.92 bits per heavy atom. The third kappa shape index (κ3) is 2.79. The van der Waals surface area contributed by atoms with Gasteiger partial charge in [-0.05, 0) is 0 Å². The van der Waals surface area contributed by atoms with Gasteiger partial charge >= 0.3 is 0 Å². The van der Waals surface area contributed by atoms with E-state index in [0.717, 1.165) is 0 Å². The molecule has 4 nitrogen and oxygen atoms in total. The molecule has 74 valence electrons. The van der Waals surface area contributed by atoms with Gasteiger partial charge in [-0.25, -0.2) is 0 Å². The standard InChI is InChI=1S/C7H11ClN2O2S/c1-12-3-2-10-4-5(8)13-7(10)6(9)11/h4,7H,2-3H2,1H3,(H2,9,11). The maximum absolute atomic E-state index is 10.9. The summed E-state index contributed by atoms with van der Waals surface area (Å²) in [5.74, 6) is -0.381. The van der Waals surface area contributed by atoms with Crippen molar-refractivity contribution >= 4 is 29.3 Å². The molecule has 0 fully saturated rings. The summed E-state index contributed by atoms with van der Waals surface area (Å²) in [7, 11) is 1.60. The molecule has 0 bridgehead atoms. The zero-order chi connectivity index (χ0) is 9.84. The lowest BCUT2D eigenvalue weighted by molar-refractivity contribution is -0.119. The Labute approximate surface area is 86.0 Å². The summed E-state index contributed by atoms with van der Waals surface area (Å²) >= 11 is 7.01. The molecule has 6 heteroatoms. The first-order valence-corrected chi connectivity index (χ1v) is 4.99. The molecule has 1 aliphatic rings. The number of halogens is 1. The number of primary amides is 1. The van der Waals surface area contributed by atoms with Crippen LogP contribution in [0.25, 0.3) is 0 Å². The van der Waals surface area contributed by atoms with E-state index in [1.54, 1.807) is 18.2 Å². The van der Waals surface area contributed by atoms with Gasteiger partial charge in [0.05, 0.1) is 11.0 Å². The predicted molar refractivity (Wildman–Crippen MR) is 53.1 cm³/mol. The monoisotopic (exact) mass is 222 g/mol. The zero-order valence-corrected chi connectivity index (χ0v) is 8.77. The number of methoxy groups -OCH3 is 1. The van der Waals surface area contributed by atoms with Crippen molar-refractivity contribution in [2.45, 2.75) is 5.37 Å². The summed E-state index contributed by atoms with van der Waals surface area (Å²) in [4.78, 5) is 12.7. The maximum Gasteiger partial charge on any atom is 0.251 e. The Morgan fingerprint density at radius 3 is 3.15 bits per heavy atom. The van der Waals surface area contributed by atoms with Crippen molar-refractivity contribution in [2.75, 3.05) is 20.3 Å². The molecule has 0 aliphatic carbocycles. The Bertz CT molecular complexity index is 235. The first-order chi connectivity index (χ1) is 6.15. The molecule has 1 unspecified atom stereocenters. The summed E-state index contributed by atoms with van der Waals surface area (Å²) in [5.41, 5.74) is 5.19. The van der Waals surface area contributed by atoms with E-state index < -0.39 is 0 Å². The maximum atomic E-state index is 10.9. The highest BCUT2D eigenvalue weighted by atomic mass is 35.5. The minimum absolute atomic E-state index is 0.381. The van der Waals surface area contributed by atoms with E-state index >= 15 is 0 Å². The highest BCUT2D eigenvalue weighted by Crippen LogP contribution is 2.34. The fourth-order valence-electron chi connectivity index (χ4n) is 1.00. The summed E-state index contributed by atoms with van der Waals surface area (Å²) < 4.78 is 5.47. The number of hydrogen-bond acceptors (Lipinski definition) is 4. The average Bonchev–Trinajstić information content (AvgIpc) is 2.43. The van der Waals surface area contributed by atoms with E-state index in [2.05, 4.69) is 0 Å². The van der Waals surface area contributed by atoms with Gasteiger partial charge in [-0.2, -0.15) is 0 Å². The van der Waals surface area contributed by atoms with Gasteiger partial charge in [-0.15, -0.1) is 0 Å². The molecule has 1 amide bonds. The van der Waals surface area contributed by atoms with Gasteiger partial charge in [0.25, 0.3) is 5.91 Å². The van der Waals surface area contributed by atoms with Crippen molar-refractivity contribution in [3.8, 4) is 0 Å². The minimum Gasteiger partial charge on any atom is -0.383 e. The highest BCUT2D eigenvalue weighted by molar-refractivity contribution is 8.05. The van der Waals surface area contributed by atoms with Crippen LogP contribution in [0.4, 0.5) is 0 Å². The van der Waals surface area contributed by atoms with Crippen LogP contribution in [-0.2, 0) is 9.53 Å². The molecule has 13 heavy (non-hydrogen) atoms. The average molecular weight is 223 g/mol. The first kappa shape index (κ1) is 10.7. The summed E-state index contributed by atoms with van der Waals surface area (Å²) in [6, 6.07) is 0. The fraction of sp³-hybridized carbons (Fsp3) is 0.571. The second-order valence-electron chi connectivity index (χ2n) is 2.54. The van der Waals surface area contributed by atoms with Crippen molar-refractivity contribution in [1.82, 2.24) is 4.90 Å². The Hall–Kier alpha value is -0.390. The number of amides is 1. The van der Waals surface area contributed by atoms with E-state index in [0.29, 0.717) is 17.5 Å². The minimum atomic E-state index is -0.386. The number of nitrogens with two attached hydrogens (primary N) is 1. The molecule has 1 atom stereocenters. The van der Waals surface area contributed by atoms with Gasteiger partial charge in [0.15, 0.2) is 5.37 Å². The number of thioether (sulfide) groups is 1. The van der Waals surface area contributed by atoms with Crippen LogP contribution < -0.4 is 5.73 Å². The largest absolute Gasteiger partial charge is 0.383 e. The molecule has 0 saturated heterocycles. The number of rotatable bonds is 4. The van der Waals surface area contributed by atoms with Gasteiger partial charge in [0.2, 0.25) is 0 Å². The van der Waals surface area contributed by atoms with Gasteiger partial charge in [0, 0.05) is 19.9 Å². The summed E-state index contributed by atoms with van der Waals surface area (Å²) in [6.07, 6.45) is 1.71. The van der Waals surface area contributed by atoms with E-state index in [4.69, 9.17) is 22.1 Å². The number of carbonyl (C=O) groups excluding carboxylic acids is 1. The van der Waals surface area contributed by atoms with Crippen LogP contribution in [0.3, 0.4) is 0 Å². The topological polar surface area (TPSA) is 55.6 Å². The lowest BCUT2D eigenvalue weighted by Crippen LogP contribution is -2.38. The van der Waals surface area contributed by atoms with Gasteiger partial charge in [0.1, 0.15) is 0 Å². The second kappa shape index (κ2) is 4.74. The molecular weight excluding hydrogens is 212 g/mol. The quantitative estimate of drug-likeness (QED) is 0.754. The van der Waals surface area contributed by atoms with Crippen LogP contribution in [0.15, 0.2) is 10.6 Å². The van der Waals surface area contributed by atoms with Crippen LogP contribution in [0, 0.1) is 0 Å². The fourth-order valence-corrected chi connectivity index (χ4v) is 2.21. The third-order valence-corrected chi connectivity index (χ3v) is 3.01. The van der Waals surface area contributed by atoms with Crippen LogP contribution in [0.2, 0.25) is 0 Å². The molecule has 0 saturated carbocycles. The van der Waals surface area contributed by atoms with E-state index in [1.807, 2.05) is 0 Å². The van der Waals surface area contributed by atoms with E-state index in [1.165, 1.54) is 11.8 Å². The molecule has 0 radical (unpaired) electrons. The Morgan fingerprint density at radius 2 is 2.62 bits per heavy atom. The zero-order valence-electron chi connectivity index (χ0n) is 7.20. The lowest BCUT2D eigenvalue weighted by atomic mass is 10.5. The number of nitrogens with zero attached hydrogens (tertiary/aromatic N) is 1. The molecule has 1 rings (SSSR count). The molecule has 2 N–H and O–H groups in total. The Balaban J connectivity index is 2.53. The lowest BCUT2D eigenvalue weighted by Gasteiger charge is -2.20. The third-order valence-electron chi connectivity index (χ3n) is 1.59. The smallest absolute Gasteiger partial charge is 0.251 e. The van der Waals surface area contributed by atoms with Crippen molar-refractivity contribution in [3.63, 3.8) is 0 Å². The first-order valence-electron chi connectivity index (χ1n) is 3.73. The van der Waals surface area contributed by atoms with Crippen molar-refractivity contribution in [2.24, 2.45) is 5.73 Å². The van der Waals surface area contributed by atoms with Gasteiger partial charge in [-0.3, -0.25) is 4.79 Å². The SMILES string of the molecule is COCCN1C=C(Cl)SC1C(N)=O. The highest BCUT2D eigenvalue weighted by Gasteiger charge is 2.28. The second-order valence-corrected chi connectivity index (χ2v) is 4.29. The molecule has 0 spiro atoms. The van der Waals surface area contributed by atoms with Crippen molar-refractivity contribution < 1.29 is 9.53 Å². The summed E-state index contributed by atoms with van der Waals surface area (Å²) in [6.45, 7) is 1.17. The molecule has 1 heterocycles. The molecule has 0 aromatic heterocycles. The van der Waals surface area contributed by atoms with Crippen LogP contribution in [0.1, 0.15) is 0 Å². The Kier molecular flexibility index (Phi) is 3.90. The number of ether oxygens (including phenoxy) is 1. The molecular formula is C7H11ClN2O2S. The number of hydrogen-bond donors (Lipinski definition) is 1. The van der Waals surface area contributed by atoms with Crippen molar-refractivity contribution in [1.29, 1.82) is 0 Å². The molecule has 1 aliphatic heterocycles. The summed E-state index contributed by atoms with van der Waals surface area (Å²) in [5, 5.41) is -0.386. The predicted octanol–water partition coefficient (Wildman–Crippen LogP) is 0.531. The van der Waals surface area contributed by atoms with Crippen LogP contribution in [-0.4, -0.2) is 36.4 Å². The van der Waals surface area contributed by atoms with E-state index in [9.17, 15) is 4.79 Å². The van der Waals surface area contributed by atoms with Crippen LogP contribution >= 0.6 is 23.4 Å². The van der Waals surface area contributed by atoms with Gasteiger partial charge in [-0.1, -0.05) is 23.4 Å². The molecule has 0 aromatic rings.